The van der Waals surface area contributed by atoms with Crippen LogP contribution < -0.4 is 0 Å². The summed E-state index contributed by atoms with van der Waals surface area (Å²) in [5, 5.41) is 8.70. The molecule has 56 valence electrons. The van der Waals surface area contributed by atoms with Gasteiger partial charge in [0.1, 0.15) is 0 Å². The van der Waals surface area contributed by atoms with Crippen molar-refractivity contribution in [2.75, 3.05) is 33.0 Å². The van der Waals surface area contributed by atoms with Crippen LogP contribution in [0.15, 0.2) is 0 Å². The van der Waals surface area contributed by atoms with Crippen molar-refractivity contribution in [3.8, 4) is 12.3 Å². The summed E-state index contributed by atoms with van der Waals surface area (Å²) in [5.74, 6) is 2.57. The van der Waals surface area contributed by atoms with Gasteiger partial charge in [-0.05, 0) is 0 Å². The number of hydrogen-bond donors (Lipinski definition) is 1. The molecule has 0 spiro atoms. The first kappa shape index (κ1) is 7.55. The Morgan fingerprint density at radius 1 is 1.40 bits per heavy atom. The third kappa shape index (κ3) is 1.71. The standard InChI is InChI=1S/C7H12N2O/c1-2-3-8-4-5-9(6-8)7-10/h1,10H,3-7H2. The fraction of sp³-hybridized carbons (Fsp3) is 0.714. The predicted molar refractivity (Wildman–Crippen MR) is 39.1 cm³/mol. The molecule has 0 aromatic carbocycles. The molecular weight excluding hydrogens is 128 g/mol. The molecule has 0 saturated carbocycles. The van der Waals surface area contributed by atoms with Crippen LogP contribution in [0.4, 0.5) is 0 Å². The van der Waals surface area contributed by atoms with Gasteiger partial charge in [0, 0.05) is 13.1 Å². The van der Waals surface area contributed by atoms with Gasteiger partial charge < -0.3 is 5.11 Å². The van der Waals surface area contributed by atoms with E-state index < -0.39 is 0 Å². The van der Waals surface area contributed by atoms with Gasteiger partial charge in [-0.1, -0.05) is 5.92 Å². The highest BCUT2D eigenvalue weighted by molar-refractivity contribution is 4.89. The molecule has 1 fully saturated rings. The molecule has 0 radical (unpaired) electrons. The molecule has 0 unspecified atom stereocenters. The minimum atomic E-state index is 0.140. The van der Waals surface area contributed by atoms with Gasteiger partial charge in [-0.3, -0.25) is 9.80 Å². The molecule has 3 heteroatoms. The zero-order valence-corrected chi connectivity index (χ0v) is 5.95. The van der Waals surface area contributed by atoms with Gasteiger partial charge in [0.25, 0.3) is 0 Å². The van der Waals surface area contributed by atoms with Crippen LogP contribution in [0.2, 0.25) is 0 Å². The topological polar surface area (TPSA) is 26.7 Å². The number of terminal acetylenes is 1. The minimum absolute atomic E-state index is 0.140. The Hall–Kier alpha value is -0.560. The Morgan fingerprint density at radius 3 is 2.60 bits per heavy atom. The van der Waals surface area contributed by atoms with E-state index in [1.165, 1.54) is 0 Å². The number of rotatable bonds is 2. The molecule has 1 rings (SSSR count). The highest BCUT2D eigenvalue weighted by atomic mass is 16.3. The van der Waals surface area contributed by atoms with E-state index in [0.29, 0.717) is 6.54 Å². The van der Waals surface area contributed by atoms with Gasteiger partial charge in [-0.15, -0.1) is 6.42 Å². The zero-order valence-electron chi connectivity index (χ0n) is 5.95. The van der Waals surface area contributed by atoms with Gasteiger partial charge in [-0.2, -0.15) is 0 Å². The fourth-order valence-electron chi connectivity index (χ4n) is 1.08. The maximum absolute atomic E-state index is 8.70. The molecule has 0 atom stereocenters. The summed E-state index contributed by atoms with van der Waals surface area (Å²) in [6.45, 7) is 3.54. The van der Waals surface area contributed by atoms with E-state index in [0.717, 1.165) is 19.8 Å². The van der Waals surface area contributed by atoms with Crippen LogP contribution in [-0.4, -0.2) is 47.9 Å². The Labute approximate surface area is 61.2 Å². The molecular formula is C7H12N2O. The number of nitrogens with zero attached hydrogens (tertiary/aromatic N) is 2. The average molecular weight is 140 g/mol. The normalized spacial score (nSPS) is 21.2. The lowest BCUT2D eigenvalue weighted by Gasteiger charge is -2.12. The molecule has 1 aliphatic rings. The van der Waals surface area contributed by atoms with E-state index in [-0.39, 0.29) is 6.73 Å². The van der Waals surface area contributed by atoms with Gasteiger partial charge >= 0.3 is 0 Å². The van der Waals surface area contributed by atoms with Crippen LogP contribution >= 0.6 is 0 Å². The van der Waals surface area contributed by atoms with Gasteiger partial charge in [-0.25, -0.2) is 0 Å². The van der Waals surface area contributed by atoms with Crippen molar-refractivity contribution in [2.24, 2.45) is 0 Å². The smallest absolute Gasteiger partial charge is 0.0967 e. The molecule has 0 bridgehead atoms. The van der Waals surface area contributed by atoms with Crippen molar-refractivity contribution in [3.05, 3.63) is 0 Å². The summed E-state index contributed by atoms with van der Waals surface area (Å²) in [6, 6.07) is 0. The van der Waals surface area contributed by atoms with Crippen molar-refractivity contribution in [2.45, 2.75) is 0 Å². The van der Waals surface area contributed by atoms with Crippen LogP contribution in [-0.2, 0) is 0 Å². The molecule has 0 amide bonds. The van der Waals surface area contributed by atoms with Crippen LogP contribution in [0.1, 0.15) is 0 Å². The fourth-order valence-corrected chi connectivity index (χ4v) is 1.08. The van der Waals surface area contributed by atoms with E-state index in [1.807, 2.05) is 4.90 Å². The van der Waals surface area contributed by atoms with E-state index in [2.05, 4.69) is 10.8 Å². The largest absolute Gasteiger partial charge is 0.381 e. The average Bonchev–Trinajstić information content (AvgIpc) is 2.37. The Bertz CT molecular complexity index is 141. The highest BCUT2D eigenvalue weighted by Crippen LogP contribution is 2.01. The minimum Gasteiger partial charge on any atom is -0.381 e. The second-order valence-electron chi connectivity index (χ2n) is 2.43. The van der Waals surface area contributed by atoms with Crippen molar-refractivity contribution in [3.63, 3.8) is 0 Å². The third-order valence-corrected chi connectivity index (χ3v) is 1.65. The maximum Gasteiger partial charge on any atom is 0.0967 e. The third-order valence-electron chi connectivity index (χ3n) is 1.65. The van der Waals surface area contributed by atoms with Crippen LogP contribution in [0.5, 0.6) is 0 Å². The quantitative estimate of drug-likeness (QED) is 0.506. The lowest BCUT2D eigenvalue weighted by atomic mass is 10.5. The Kier molecular flexibility index (Phi) is 2.69. The van der Waals surface area contributed by atoms with Crippen molar-refractivity contribution >= 4 is 0 Å². The van der Waals surface area contributed by atoms with E-state index in [1.54, 1.807) is 0 Å². The van der Waals surface area contributed by atoms with E-state index in [9.17, 15) is 0 Å². The second kappa shape index (κ2) is 3.57. The molecule has 0 aliphatic carbocycles. The molecule has 1 aliphatic heterocycles. The number of aliphatic hydroxyl groups excluding tert-OH is 1. The summed E-state index contributed by atoms with van der Waals surface area (Å²) in [7, 11) is 0. The Morgan fingerprint density at radius 2 is 2.10 bits per heavy atom. The van der Waals surface area contributed by atoms with Gasteiger partial charge in [0.2, 0.25) is 0 Å². The lowest BCUT2D eigenvalue weighted by molar-refractivity contribution is 0.114. The summed E-state index contributed by atoms with van der Waals surface area (Å²) in [4.78, 5) is 4.06. The molecule has 1 N–H and O–H groups in total. The summed E-state index contributed by atoms with van der Waals surface area (Å²) in [6.07, 6.45) is 5.12. The number of aliphatic hydroxyl groups is 1. The first-order valence-corrected chi connectivity index (χ1v) is 3.36. The van der Waals surface area contributed by atoms with E-state index in [4.69, 9.17) is 11.5 Å². The van der Waals surface area contributed by atoms with Crippen molar-refractivity contribution in [1.29, 1.82) is 0 Å². The molecule has 0 aromatic heterocycles. The molecule has 1 saturated heterocycles. The highest BCUT2D eigenvalue weighted by Gasteiger charge is 2.16. The van der Waals surface area contributed by atoms with Crippen molar-refractivity contribution < 1.29 is 5.11 Å². The van der Waals surface area contributed by atoms with Gasteiger partial charge in [0.15, 0.2) is 0 Å². The predicted octanol–water partition coefficient (Wildman–Crippen LogP) is -0.855. The lowest BCUT2D eigenvalue weighted by Crippen LogP contribution is -2.26. The van der Waals surface area contributed by atoms with Crippen LogP contribution in [0, 0.1) is 12.3 Å². The second-order valence-corrected chi connectivity index (χ2v) is 2.43. The first-order chi connectivity index (χ1) is 4.86. The summed E-state index contributed by atoms with van der Waals surface area (Å²) >= 11 is 0. The zero-order chi connectivity index (χ0) is 7.40. The summed E-state index contributed by atoms with van der Waals surface area (Å²) < 4.78 is 0. The van der Waals surface area contributed by atoms with Gasteiger partial charge in [0.05, 0.1) is 19.9 Å². The first-order valence-electron chi connectivity index (χ1n) is 3.36. The maximum atomic E-state index is 8.70. The SMILES string of the molecule is C#CCN1CCN(CO)C1. The number of hydrogen-bond acceptors (Lipinski definition) is 3. The Balaban J connectivity index is 2.23. The van der Waals surface area contributed by atoms with Crippen LogP contribution in [0.25, 0.3) is 0 Å². The molecule has 0 aromatic rings. The monoisotopic (exact) mass is 140 g/mol. The molecule has 1 heterocycles. The van der Waals surface area contributed by atoms with Crippen LogP contribution in [0.3, 0.4) is 0 Å². The summed E-state index contributed by atoms with van der Waals surface area (Å²) in [5.41, 5.74) is 0. The van der Waals surface area contributed by atoms with E-state index >= 15 is 0 Å². The molecule has 10 heavy (non-hydrogen) atoms. The molecule has 3 nitrogen and oxygen atoms in total. The van der Waals surface area contributed by atoms with Crippen molar-refractivity contribution in [1.82, 2.24) is 9.80 Å².